The van der Waals surface area contributed by atoms with Crippen molar-refractivity contribution in [2.75, 3.05) is 4.90 Å². The minimum Gasteiger partial charge on any atom is -0.306 e. The lowest BCUT2D eigenvalue weighted by Crippen LogP contribution is -2.26. The number of nitrogens with zero attached hydrogens (tertiary/aromatic N) is 3. The topological polar surface area (TPSA) is 29.0 Å². The van der Waals surface area contributed by atoms with E-state index in [2.05, 4.69) is 70.5 Å². The van der Waals surface area contributed by atoms with Crippen LogP contribution in [0.5, 0.6) is 0 Å². The predicted molar refractivity (Wildman–Crippen MR) is 139 cm³/mol. The van der Waals surface area contributed by atoms with E-state index in [4.69, 9.17) is 4.98 Å². The third-order valence-corrected chi connectivity index (χ3v) is 8.44. The molecular formula is C32H21N3. The lowest BCUT2D eigenvalue weighted by molar-refractivity contribution is 0.953. The van der Waals surface area contributed by atoms with E-state index in [-0.39, 0.29) is 0 Å². The molecule has 0 saturated carbocycles. The van der Waals surface area contributed by atoms with Gasteiger partial charge in [-0.3, -0.25) is 9.97 Å². The number of benzene rings is 3. The summed E-state index contributed by atoms with van der Waals surface area (Å²) in [7, 11) is 0. The monoisotopic (exact) mass is 447 g/mol. The molecule has 35 heavy (non-hydrogen) atoms. The van der Waals surface area contributed by atoms with Gasteiger partial charge in [-0.05, 0) is 98.3 Å². The number of hydrogen-bond donors (Lipinski definition) is 0. The van der Waals surface area contributed by atoms with Gasteiger partial charge in [0.2, 0.25) is 0 Å². The van der Waals surface area contributed by atoms with Crippen LogP contribution in [0.2, 0.25) is 0 Å². The highest BCUT2D eigenvalue weighted by atomic mass is 15.2. The van der Waals surface area contributed by atoms with Crippen LogP contribution < -0.4 is 4.90 Å². The van der Waals surface area contributed by atoms with Crippen LogP contribution in [0.1, 0.15) is 44.6 Å². The van der Waals surface area contributed by atoms with E-state index in [1.165, 1.54) is 84.0 Å². The Balaban J connectivity index is 1.30. The van der Waals surface area contributed by atoms with E-state index in [0.717, 1.165) is 25.7 Å². The van der Waals surface area contributed by atoms with Crippen molar-refractivity contribution in [2.45, 2.75) is 25.7 Å². The SMILES string of the molecule is c1ccc2c(c1)Cc1cc3c(cc1-2)-c1c(ccc2c1Cc1ccnc4c1N2c1cnccc1C4)C3. The summed E-state index contributed by atoms with van der Waals surface area (Å²) in [4.78, 5) is 11.7. The number of anilines is 3. The molecule has 4 aliphatic rings. The maximum absolute atomic E-state index is 4.79. The van der Waals surface area contributed by atoms with E-state index < -0.39 is 0 Å². The van der Waals surface area contributed by atoms with Gasteiger partial charge in [0.1, 0.15) is 0 Å². The average Bonchev–Trinajstić information content (AvgIpc) is 3.44. The fourth-order valence-electron chi connectivity index (χ4n) is 6.97. The first kappa shape index (κ1) is 18.1. The normalized spacial score (nSPS) is 14.9. The molecule has 0 atom stereocenters. The Hall–Kier alpha value is -4.24. The van der Waals surface area contributed by atoms with E-state index in [1.54, 1.807) is 0 Å². The molecule has 0 unspecified atom stereocenters. The van der Waals surface area contributed by atoms with E-state index >= 15 is 0 Å². The maximum Gasteiger partial charge on any atom is 0.0716 e. The predicted octanol–water partition coefficient (Wildman–Crippen LogP) is 6.90. The van der Waals surface area contributed by atoms with Crippen LogP contribution in [-0.2, 0) is 25.7 Å². The van der Waals surface area contributed by atoms with Crippen LogP contribution in [0.3, 0.4) is 0 Å². The first-order valence-corrected chi connectivity index (χ1v) is 12.4. The fraction of sp³-hybridized carbons (Fsp3) is 0.125. The van der Waals surface area contributed by atoms with Crippen LogP contribution in [-0.4, -0.2) is 9.97 Å². The summed E-state index contributed by atoms with van der Waals surface area (Å²) >= 11 is 0. The summed E-state index contributed by atoms with van der Waals surface area (Å²) in [6.45, 7) is 0. The molecule has 3 heteroatoms. The molecule has 3 aromatic carbocycles. The smallest absolute Gasteiger partial charge is 0.0716 e. The third-order valence-electron chi connectivity index (χ3n) is 8.44. The van der Waals surface area contributed by atoms with Gasteiger partial charge in [0.25, 0.3) is 0 Å². The molecule has 4 heterocycles. The van der Waals surface area contributed by atoms with Crippen molar-refractivity contribution >= 4 is 17.1 Å². The molecule has 0 amide bonds. The zero-order valence-corrected chi connectivity index (χ0v) is 19.2. The Bertz CT molecular complexity index is 1760. The van der Waals surface area contributed by atoms with Gasteiger partial charge in [0.05, 0.1) is 29.0 Å². The Morgan fingerprint density at radius 2 is 1.49 bits per heavy atom. The average molecular weight is 448 g/mol. The summed E-state index contributed by atoms with van der Waals surface area (Å²) in [6, 6.07) is 22.9. The zero-order valence-electron chi connectivity index (χ0n) is 19.2. The van der Waals surface area contributed by atoms with E-state index in [1.807, 2.05) is 18.6 Å². The second kappa shape index (κ2) is 6.25. The summed E-state index contributed by atoms with van der Waals surface area (Å²) < 4.78 is 0. The molecule has 2 aromatic heterocycles. The van der Waals surface area contributed by atoms with Crippen molar-refractivity contribution in [3.63, 3.8) is 0 Å². The molecule has 0 N–H and O–H groups in total. The molecule has 0 spiro atoms. The quantitative estimate of drug-likeness (QED) is 0.253. The van der Waals surface area contributed by atoms with Crippen LogP contribution in [0.15, 0.2) is 79.3 Å². The second-order valence-corrected chi connectivity index (χ2v) is 10.2. The highest BCUT2D eigenvalue weighted by Crippen LogP contribution is 2.54. The lowest BCUT2D eigenvalue weighted by Gasteiger charge is -2.39. The Labute approximate surface area is 203 Å². The van der Waals surface area contributed by atoms with Gasteiger partial charge in [-0.15, -0.1) is 0 Å². The van der Waals surface area contributed by atoms with Crippen LogP contribution in [0.4, 0.5) is 17.1 Å². The standard InChI is InChI=1S/C32H21N3/c1-2-4-24-18(3-1)11-22-13-23-12-20-5-6-29-27(31(20)26(23)16-25(22)24)14-21-8-10-34-28-15-19-7-9-33-17-30(19)35(29)32(21)28/h1-10,13,16-17H,11-12,14-15H2. The van der Waals surface area contributed by atoms with Crippen LogP contribution >= 0.6 is 0 Å². The second-order valence-electron chi connectivity index (χ2n) is 10.2. The number of fused-ring (bicyclic) bond motifs is 11. The highest BCUT2D eigenvalue weighted by molar-refractivity contribution is 5.95. The number of aromatic nitrogens is 2. The van der Waals surface area contributed by atoms with Gasteiger partial charge >= 0.3 is 0 Å². The largest absolute Gasteiger partial charge is 0.306 e. The van der Waals surface area contributed by atoms with E-state index in [9.17, 15) is 0 Å². The number of pyridine rings is 2. The Kier molecular flexibility index (Phi) is 3.24. The third kappa shape index (κ3) is 2.26. The molecule has 0 fully saturated rings. The molecule has 0 radical (unpaired) electrons. The van der Waals surface area contributed by atoms with Crippen molar-refractivity contribution in [1.82, 2.24) is 9.97 Å². The van der Waals surface area contributed by atoms with Crippen molar-refractivity contribution in [3.8, 4) is 22.3 Å². The molecule has 164 valence electrons. The van der Waals surface area contributed by atoms with Crippen molar-refractivity contribution in [3.05, 3.63) is 124 Å². The van der Waals surface area contributed by atoms with Crippen LogP contribution in [0, 0.1) is 0 Å². The molecular weight excluding hydrogens is 426 g/mol. The van der Waals surface area contributed by atoms with Gasteiger partial charge < -0.3 is 4.90 Å². The van der Waals surface area contributed by atoms with Crippen LogP contribution in [0.25, 0.3) is 22.3 Å². The van der Waals surface area contributed by atoms with Crippen molar-refractivity contribution < 1.29 is 0 Å². The van der Waals surface area contributed by atoms with Gasteiger partial charge in [-0.2, -0.15) is 0 Å². The summed E-state index contributed by atoms with van der Waals surface area (Å²) in [5.41, 5.74) is 20.6. The highest BCUT2D eigenvalue weighted by Gasteiger charge is 2.36. The molecule has 5 aromatic rings. The maximum atomic E-state index is 4.79. The number of rotatable bonds is 0. The minimum atomic E-state index is 0.867. The van der Waals surface area contributed by atoms with E-state index in [0.29, 0.717) is 0 Å². The molecule has 0 bridgehead atoms. The van der Waals surface area contributed by atoms with Gasteiger partial charge in [0.15, 0.2) is 0 Å². The molecule has 9 rings (SSSR count). The van der Waals surface area contributed by atoms with Gasteiger partial charge in [-0.1, -0.05) is 36.4 Å². The summed E-state index contributed by atoms with van der Waals surface area (Å²) in [5, 5.41) is 0. The lowest BCUT2D eigenvalue weighted by atomic mass is 9.85. The van der Waals surface area contributed by atoms with Gasteiger partial charge in [-0.25, -0.2) is 0 Å². The first-order valence-electron chi connectivity index (χ1n) is 12.4. The number of hydrogen-bond acceptors (Lipinski definition) is 3. The Morgan fingerprint density at radius 1 is 0.600 bits per heavy atom. The van der Waals surface area contributed by atoms with Crippen molar-refractivity contribution in [1.29, 1.82) is 0 Å². The van der Waals surface area contributed by atoms with Crippen molar-refractivity contribution in [2.24, 2.45) is 0 Å². The zero-order chi connectivity index (χ0) is 22.7. The molecule has 3 nitrogen and oxygen atoms in total. The molecule has 0 saturated heterocycles. The fourth-order valence-corrected chi connectivity index (χ4v) is 6.97. The molecule has 2 aliphatic carbocycles. The molecule has 2 aliphatic heterocycles. The minimum absolute atomic E-state index is 0.867. The van der Waals surface area contributed by atoms with Gasteiger partial charge in [0, 0.05) is 25.2 Å². The Morgan fingerprint density at radius 3 is 2.49 bits per heavy atom. The summed E-state index contributed by atoms with van der Waals surface area (Å²) in [5.74, 6) is 0. The first-order chi connectivity index (χ1) is 17.3. The summed E-state index contributed by atoms with van der Waals surface area (Å²) in [6.07, 6.45) is 9.80.